The monoisotopic (exact) mass is 417 g/mol. The highest BCUT2D eigenvalue weighted by Gasteiger charge is 2.36. The van der Waals surface area contributed by atoms with Gasteiger partial charge < -0.3 is 0 Å². The van der Waals surface area contributed by atoms with Crippen LogP contribution in [0.1, 0.15) is 61.3 Å². The summed E-state index contributed by atoms with van der Waals surface area (Å²) in [5.41, 5.74) is 5.92. The Hall–Kier alpha value is -2.86. The van der Waals surface area contributed by atoms with E-state index >= 15 is 0 Å². The summed E-state index contributed by atoms with van der Waals surface area (Å²) in [4.78, 5) is 0. The minimum absolute atomic E-state index is 0.465. The second kappa shape index (κ2) is 9.33. The maximum Gasteiger partial charge on any atom is 0.0127 e. The van der Waals surface area contributed by atoms with E-state index in [1.165, 1.54) is 52.3 Å². The first-order valence-corrected chi connectivity index (χ1v) is 12.2. The number of rotatable bonds is 8. The van der Waals surface area contributed by atoms with Crippen molar-refractivity contribution in [2.75, 3.05) is 0 Å². The predicted molar refractivity (Wildman–Crippen MR) is 137 cm³/mol. The summed E-state index contributed by atoms with van der Waals surface area (Å²) >= 11 is 0. The Morgan fingerprint density at radius 2 is 1.41 bits per heavy atom. The largest absolute Gasteiger partial charge is 0.0651 e. The number of benzene rings is 4. The van der Waals surface area contributed by atoms with Gasteiger partial charge in [0, 0.05) is 11.8 Å². The zero-order valence-corrected chi connectivity index (χ0v) is 19.3. The molecule has 0 spiro atoms. The van der Waals surface area contributed by atoms with Crippen LogP contribution in [-0.4, -0.2) is 0 Å². The van der Waals surface area contributed by atoms with Crippen LogP contribution in [0.15, 0.2) is 97.1 Å². The van der Waals surface area contributed by atoms with E-state index in [1.807, 2.05) is 0 Å². The van der Waals surface area contributed by atoms with Gasteiger partial charge in [0.15, 0.2) is 0 Å². The van der Waals surface area contributed by atoms with Crippen molar-refractivity contribution in [1.29, 1.82) is 0 Å². The Kier molecular flexibility index (Phi) is 6.12. The maximum atomic E-state index is 2.41. The van der Waals surface area contributed by atoms with Gasteiger partial charge in [0.05, 0.1) is 0 Å². The highest BCUT2D eigenvalue weighted by molar-refractivity contribution is 5.86. The van der Waals surface area contributed by atoms with Crippen LogP contribution in [-0.2, 0) is 6.42 Å². The molecule has 1 aliphatic carbocycles. The van der Waals surface area contributed by atoms with Gasteiger partial charge in [-0.15, -0.1) is 0 Å². The highest BCUT2D eigenvalue weighted by atomic mass is 14.4. The van der Waals surface area contributed by atoms with Gasteiger partial charge in [-0.05, 0) is 64.1 Å². The minimum atomic E-state index is 0.465. The molecule has 1 aliphatic rings. The van der Waals surface area contributed by atoms with Gasteiger partial charge in [-0.3, -0.25) is 0 Å². The van der Waals surface area contributed by atoms with Crippen molar-refractivity contribution in [3.05, 3.63) is 125 Å². The molecule has 0 heterocycles. The smallest absolute Gasteiger partial charge is 0.0127 e. The Bertz CT molecular complexity index is 1160. The van der Waals surface area contributed by atoms with Crippen molar-refractivity contribution in [3.8, 4) is 0 Å². The predicted octanol–water partition coefficient (Wildman–Crippen LogP) is 8.59. The van der Waals surface area contributed by atoms with Crippen LogP contribution in [0.5, 0.6) is 0 Å². The van der Waals surface area contributed by atoms with Gasteiger partial charge in [0.25, 0.3) is 0 Å². The molecule has 0 bridgehead atoms. The summed E-state index contributed by atoms with van der Waals surface area (Å²) in [6.45, 7) is 4.72. The van der Waals surface area contributed by atoms with Gasteiger partial charge in [0.2, 0.25) is 0 Å². The molecule has 2 atom stereocenters. The van der Waals surface area contributed by atoms with Crippen LogP contribution in [0.2, 0.25) is 0 Å². The zero-order valence-electron chi connectivity index (χ0n) is 19.3. The third kappa shape index (κ3) is 4.24. The fourth-order valence-corrected chi connectivity index (χ4v) is 5.28. The number of hydrogen-bond donors (Lipinski definition) is 0. The first-order chi connectivity index (χ1) is 15.8. The van der Waals surface area contributed by atoms with Gasteiger partial charge in [-0.2, -0.15) is 0 Å². The lowest BCUT2D eigenvalue weighted by Crippen LogP contribution is -2.18. The number of fused-ring (bicyclic) bond motifs is 1. The van der Waals surface area contributed by atoms with E-state index in [-0.39, 0.29) is 0 Å². The fourth-order valence-electron chi connectivity index (χ4n) is 5.28. The van der Waals surface area contributed by atoms with E-state index in [0.29, 0.717) is 11.8 Å². The lowest BCUT2D eigenvalue weighted by molar-refractivity contribution is 0.569. The van der Waals surface area contributed by atoms with Crippen LogP contribution < -0.4 is 0 Å². The molecule has 0 aromatic heterocycles. The van der Waals surface area contributed by atoms with Crippen molar-refractivity contribution in [2.24, 2.45) is 11.8 Å². The molecule has 0 nitrogen and oxygen atoms in total. The zero-order chi connectivity index (χ0) is 21.9. The number of hydrogen-bond acceptors (Lipinski definition) is 0. The molecule has 0 heteroatoms. The third-order valence-corrected chi connectivity index (χ3v) is 7.34. The molecule has 1 fully saturated rings. The van der Waals surface area contributed by atoms with Crippen LogP contribution in [0.4, 0.5) is 0 Å². The second-order valence-corrected chi connectivity index (χ2v) is 9.47. The van der Waals surface area contributed by atoms with Gasteiger partial charge >= 0.3 is 0 Å². The fraction of sp³-hybridized carbons (Fsp3) is 0.281. The Morgan fingerprint density at radius 3 is 2.19 bits per heavy atom. The first-order valence-electron chi connectivity index (χ1n) is 12.2. The van der Waals surface area contributed by atoms with Crippen LogP contribution in [0, 0.1) is 17.8 Å². The van der Waals surface area contributed by atoms with E-state index in [0.717, 1.165) is 12.3 Å². The van der Waals surface area contributed by atoms with E-state index < -0.39 is 0 Å². The molecule has 0 N–H and O–H groups in total. The lowest BCUT2D eigenvalue weighted by atomic mass is 9.74. The van der Waals surface area contributed by atoms with E-state index in [1.54, 1.807) is 5.92 Å². The van der Waals surface area contributed by atoms with Gasteiger partial charge in [-0.1, -0.05) is 117 Å². The van der Waals surface area contributed by atoms with E-state index in [2.05, 4.69) is 111 Å². The average molecular weight is 418 g/mol. The quantitative estimate of drug-likeness (QED) is 0.269. The summed E-state index contributed by atoms with van der Waals surface area (Å²) in [7, 11) is 0. The SMILES string of the molecule is CCC(C)[C](Cc1ccccc1)c1ccccc1C(c1cccc2ccccc12)C1CC1. The van der Waals surface area contributed by atoms with E-state index in [9.17, 15) is 0 Å². The summed E-state index contributed by atoms with van der Waals surface area (Å²) in [5, 5.41) is 2.76. The topological polar surface area (TPSA) is 0 Å². The summed E-state index contributed by atoms with van der Waals surface area (Å²) < 4.78 is 0. The normalized spacial score (nSPS) is 15.7. The molecule has 0 amide bonds. The van der Waals surface area contributed by atoms with Gasteiger partial charge in [-0.25, -0.2) is 0 Å². The lowest BCUT2D eigenvalue weighted by Gasteiger charge is -2.29. The van der Waals surface area contributed by atoms with Gasteiger partial charge in [0.1, 0.15) is 0 Å². The molecular weight excluding hydrogens is 384 g/mol. The molecule has 1 saturated carbocycles. The van der Waals surface area contributed by atoms with Crippen molar-refractivity contribution < 1.29 is 0 Å². The highest BCUT2D eigenvalue weighted by Crippen LogP contribution is 2.50. The van der Waals surface area contributed by atoms with Crippen molar-refractivity contribution in [3.63, 3.8) is 0 Å². The molecule has 1 radical (unpaired) electrons. The minimum Gasteiger partial charge on any atom is -0.0651 e. The third-order valence-electron chi connectivity index (χ3n) is 7.34. The summed E-state index contributed by atoms with van der Waals surface area (Å²) in [6.07, 6.45) is 4.86. The van der Waals surface area contributed by atoms with E-state index in [4.69, 9.17) is 0 Å². The van der Waals surface area contributed by atoms with Crippen LogP contribution in [0.3, 0.4) is 0 Å². The first kappa shape index (κ1) is 21.0. The molecule has 0 saturated heterocycles. The molecule has 2 unspecified atom stereocenters. The van der Waals surface area contributed by atoms with Crippen LogP contribution in [0.25, 0.3) is 10.8 Å². The summed E-state index contributed by atoms with van der Waals surface area (Å²) in [5.74, 6) is 3.35. The van der Waals surface area contributed by atoms with Crippen molar-refractivity contribution in [2.45, 2.75) is 45.4 Å². The molecule has 5 rings (SSSR count). The average Bonchev–Trinajstić information content (AvgIpc) is 3.69. The summed E-state index contributed by atoms with van der Waals surface area (Å²) in [6, 6.07) is 36.1. The molecule has 0 aliphatic heterocycles. The molecule has 4 aromatic rings. The Labute approximate surface area is 193 Å². The molecule has 161 valence electrons. The molecule has 4 aromatic carbocycles. The Morgan fingerprint density at radius 1 is 0.750 bits per heavy atom. The second-order valence-electron chi connectivity index (χ2n) is 9.47. The van der Waals surface area contributed by atoms with Crippen molar-refractivity contribution >= 4 is 10.8 Å². The standard InChI is InChI=1S/C32H33/c1-3-23(2)31(22-24-12-5-4-6-13-24)28-17-9-10-18-30(28)32(26-20-21-26)29-19-11-15-25-14-7-8-16-27(25)29/h4-19,23,26,32H,3,20-22H2,1-2H3. The van der Waals surface area contributed by atoms with Crippen LogP contribution >= 0.6 is 0 Å². The maximum absolute atomic E-state index is 2.41. The molecule has 32 heavy (non-hydrogen) atoms. The van der Waals surface area contributed by atoms with Crippen molar-refractivity contribution in [1.82, 2.24) is 0 Å². The Balaban J connectivity index is 1.63. The molecular formula is C32H33.